The topological polar surface area (TPSA) is 64.8 Å². The molecule has 8 aromatic carbocycles. The molecule has 0 aliphatic carbocycles. The number of fused-ring (bicyclic) bond motifs is 10. The lowest BCUT2D eigenvalue weighted by Gasteiger charge is -2.13. The van der Waals surface area contributed by atoms with Gasteiger partial charge in [-0.1, -0.05) is 84.9 Å². The molecule has 0 aliphatic rings. The summed E-state index contributed by atoms with van der Waals surface area (Å²) in [4.78, 5) is 27.5. The summed E-state index contributed by atoms with van der Waals surface area (Å²) in [6.45, 7) is 0. The Kier molecular flexibility index (Phi) is 6.01. The van der Waals surface area contributed by atoms with Crippen LogP contribution in [0.2, 0.25) is 0 Å². The predicted molar refractivity (Wildman–Crippen MR) is 225 cm³/mol. The van der Waals surface area contributed by atoms with Gasteiger partial charge in [-0.15, -0.1) is 0 Å². The van der Waals surface area contributed by atoms with Crippen molar-refractivity contribution in [1.29, 1.82) is 0 Å². The lowest BCUT2D eigenvalue weighted by molar-refractivity contribution is 0.659. The van der Waals surface area contributed by atoms with Crippen LogP contribution in [0.1, 0.15) is 0 Å². The zero-order chi connectivity index (χ0) is 36.4. The van der Waals surface area contributed by atoms with E-state index in [0.717, 1.165) is 38.9 Å². The smallest absolute Gasteiger partial charge is 0.200 e. The molecule has 5 heteroatoms. The van der Waals surface area contributed by atoms with Crippen LogP contribution in [-0.4, -0.2) is 4.40 Å². The van der Waals surface area contributed by atoms with E-state index in [-0.39, 0.29) is 10.9 Å². The van der Waals surface area contributed by atoms with Crippen LogP contribution >= 0.6 is 0 Å². The first-order valence-corrected chi connectivity index (χ1v) is 18.3. The van der Waals surface area contributed by atoms with Crippen LogP contribution in [0.25, 0.3) is 115 Å². The van der Waals surface area contributed by atoms with Gasteiger partial charge in [0.05, 0.1) is 38.1 Å². The minimum atomic E-state index is -0.0630. The van der Waals surface area contributed by atoms with E-state index in [9.17, 15) is 9.59 Å². The first-order valence-electron chi connectivity index (χ1n) is 18.3. The fraction of sp³-hybridized carbons (Fsp3) is 0. The van der Waals surface area contributed by atoms with Gasteiger partial charge >= 0.3 is 0 Å². The lowest BCUT2D eigenvalue weighted by Crippen LogP contribution is -2.02. The molecule has 0 aliphatic heterocycles. The highest BCUT2D eigenvalue weighted by molar-refractivity contribution is 6.23. The van der Waals surface area contributed by atoms with Gasteiger partial charge in [-0.2, -0.15) is 0 Å². The van der Waals surface area contributed by atoms with Crippen LogP contribution < -0.4 is 10.9 Å². The second-order valence-corrected chi connectivity index (χ2v) is 14.4. The van der Waals surface area contributed by atoms with Crippen molar-refractivity contribution in [3.05, 3.63) is 184 Å². The van der Waals surface area contributed by atoms with E-state index < -0.39 is 0 Å². The summed E-state index contributed by atoms with van der Waals surface area (Å²) in [6, 6.07) is 54.7. The van der Waals surface area contributed by atoms with Crippen LogP contribution in [-0.2, 0) is 0 Å². The maximum atomic E-state index is 13.7. The minimum Gasteiger partial charge on any atom is -0.456 e. The van der Waals surface area contributed by atoms with E-state index in [0.29, 0.717) is 43.9 Å². The summed E-state index contributed by atoms with van der Waals surface area (Å²) >= 11 is 0. The van der Waals surface area contributed by atoms with Gasteiger partial charge in [0, 0.05) is 21.5 Å². The Labute approximate surface area is 311 Å². The third-order valence-electron chi connectivity index (χ3n) is 11.3. The first-order chi connectivity index (χ1) is 27.1. The highest BCUT2D eigenvalue weighted by Crippen LogP contribution is 2.41. The molecule has 5 nitrogen and oxygen atoms in total. The van der Waals surface area contributed by atoms with Crippen molar-refractivity contribution in [2.24, 2.45) is 0 Å². The average molecular weight is 706 g/mol. The molecular formula is C50H27NO4. The Morgan fingerprint density at radius 2 is 0.745 bits per heavy atom. The molecule has 0 unspecified atom stereocenters. The van der Waals surface area contributed by atoms with Gasteiger partial charge in [-0.25, -0.2) is 0 Å². The number of aromatic nitrogens is 1. The van der Waals surface area contributed by atoms with Gasteiger partial charge in [0.15, 0.2) is 0 Å². The Hall–Kier alpha value is -7.50. The third-order valence-corrected chi connectivity index (χ3v) is 11.3. The van der Waals surface area contributed by atoms with Gasteiger partial charge in [-0.3, -0.25) is 9.59 Å². The van der Waals surface area contributed by atoms with E-state index in [1.807, 2.05) is 72.8 Å². The average Bonchev–Trinajstić information content (AvgIpc) is 3.76. The number of nitrogens with zero attached hydrogens (tertiary/aromatic N) is 1. The second-order valence-electron chi connectivity index (χ2n) is 14.4. The van der Waals surface area contributed by atoms with Crippen LogP contribution in [0.5, 0.6) is 0 Å². The van der Waals surface area contributed by atoms with E-state index in [1.54, 1.807) is 12.1 Å². The Morgan fingerprint density at radius 1 is 0.309 bits per heavy atom. The quantitative estimate of drug-likeness (QED) is 0.172. The molecular weight excluding hydrogens is 679 g/mol. The van der Waals surface area contributed by atoms with E-state index in [1.165, 1.54) is 32.6 Å². The van der Waals surface area contributed by atoms with Crippen molar-refractivity contribution >= 4 is 82.0 Å². The summed E-state index contributed by atoms with van der Waals surface area (Å²) in [5.41, 5.74) is 11.4. The molecule has 0 saturated carbocycles. The zero-order valence-electron chi connectivity index (χ0n) is 29.2. The van der Waals surface area contributed by atoms with Crippen molar-refractivity contribution in [1.82, 2.24) is 4.40 Å². The van der Waals surface area contributed by atoms with Gasteiger partial charge in [0.1, 0.15) is 22.3 Å². The van der Waals surface area contributed by atoms with Crippen molar-refractivity contribution in [2.45, 2.75) is 0 Å². The monoisotopic (exact) mass is 705 g/mol. The molecule has 12 rings (SSSR count). The molecule has 12 aromatic rings. The third kappa shape index (κ3) is 4.29. The molecule has 256 valence electrons. The maximum Gasteiger partial charge on any atom is 0.200 e. The number of hydrogen-bond donors (Lipinski definition) is 0. The maximum absolute atomic E-state index is 13.7. The molecule has 0 bridgehead atoms. The van der Waals surface area contributed by atoms with Crippen LogP contribution in [0.4, 0.5) is 0 Å². The largest absolute Gasteiger partial charge is 0.456 e. The Morgan fingerprint density at radius 3 is 1.33 bits per heavy atom. The van der Waals surface area contributed by atoms with Crippen molar-refractivity contribution in [3.8, 4) is 33.4 Å². The van der Waals surface area contributed by atoms with Crippen molar-refractivity contribution in [2.75, 3.05) is 0 Å². The summed E-state index contributed by atoms with van der Waals surface area (Å²) in [7, 11) is 0. The van der Waals surface area contributed by atoms with E-state index in [2.05, 4.69) is 83.3 Å². The Bertz CT molecular complexity index is 3570. The SMILES string of the molecule is O=c1c2ccccc2oc2ccc(-c3cc(-c4ccc5oc6ccccc6c(=O)c5c4)cc(-c4ccc5c6cccc7c8ccccc8n(c5c4)c76)c3)cc12. The molecule has 0 amide bonds. The van der Waals surface area contributed by atoms with Gasteiger partial charge in [0.25, 0.3) is 0 Å². The Balaban J connectivity index is 1.11. The summed E-state index contributed by atoms with van der Waals surface area (Å²) in [5, 5.41) is 7.07. The van der Waals surface area contributed by atoms with Crippen LogP contribution in [0, 0.1) is 0 Å². The molecule has 55 heavy (non-hydrogen) atoms. The van der Waals surface area contributed by atoms with E-state index in [4.69, 9.17) is 8.83 Å². The molecule has 4 aromatic heterocycles. The minimum absolute atomic E-state index is 0.0630. The molecule has 0 saturated heterocycles. The van der Waals surface area contributed by atoms with Crippen LogP contribution in [0.15, 0.2) is 182 Å². The number of rotatable bonds is 3. The summed E-state index contributed by atoms with van der Waals surface area (Å²) in [6.07, 6.45) is 0. The van der Waals surface area contributed by atoms with Gasteiger partial charge in [-0.05, 0) is 112 Å². The van der Waals surface area contributed by atoms with Gasteiger partial charge in [0.2, 0.25) is 10.9 Å². The lowest BCUT2D eigenvalue weighted by atomic mass is 9.92. The highest BCUT2D eigenvalue weighted by atomic mass is 16.3. The molecule has 0 atom stereocenters. The van der Waals surface area contributed by atoms with E-state index >= 15 is 0 Å². The molecule has 0 spiro atoms. The molecule has 0 fully saturated rings. The fourth-order valence-corrected chi connectivity index (χ4v) is 8.70. The zero-order valence-corrected chi connectivity index (χ0v) is 29.2. The molecule has 0 N–H and O–H groups in total. The number of hydrogen-bond acceptors (Lipinski definition) is 4. The summed E-state index contributed by atoms with van der Waals surface area (Å²) < 4.78 is 14.7. The number of benzene rings is 8. The standard InChI is InChI=1S/C50H27NO4/c52-49-38-9-2-5-14-44(38)54-46-20-17-28(25-40(46)49)31-22-32(29-18-21-47-41(26-29)50(53)39-10-3-6-15-45(39)55-47)24-33(23-31)30-16-19-35-37-12-7-11-36-34-8-1-4-13-42(34)51(48(36)37)43(35)27-30/h1-27H. The van der Waals surface area contributed by atoms with Crippen molar-refractivity contribution < 1.29 is 8.83 Å². The second kappa shape index (κ2) is 11.0. The summed E-state index contributed by atoms with van der Waals surface area (Å²) in [5.74, 6) is 0. The van der Waals surface area contributed by atoms with Gasteiger partial charge < -0.3 is 13.2 Å². The first kappa shape index (κ1) is 30.0. The molecule has 0 radical (unpaired) electrons. The number of para-hydroxylation sites is 4. The highest BCUT2D eigenvalue weighted by Gasteiger charge is 2.19. The predicted octanol–water partition coefficient (Wildman–Crippen LogP) is 12.4. The van der Waals surface area contributed by atoms with Crippen molar-refractivity contribution in [3.63, 3.8) is 0 Å². The fourth-order valence-electron chi connectivity index (χ4n) is 8.70. The normalized spacial score (nSPS) is 12.1. The molecule has 4 heterocycles. The van der Waals surface area contributed by atoms with Crippen LogP contribution in [0.3, 0.4) is 0 Å².